The van der Waals surface area contributed by atoms with Crippen LogP contribution in [-0.2, 0) is 25.3 Å². The summed E-state index contributed by atoms with van der Waals surface area (Å²) >= 11 is 0.953. The summed E-state index contributed by atoms with van der Waals surface area (Å²) in [7, 11) is -2.95. The number of ether oxygens (including phenoxy) is 3. The van der Waals surface area contributed by atoms with Crippen molar-refractivity contribution in [2.24, 2.45) is 0 Å². The van der Waals surface area contributed by atoms with Gasteiger partial charge in [-0.15, -0.1) is 11.3 Å². The molecule has 2 aromatic rings. The van der Waals surface area contributed by atoms with Gasteiger partial charge in [-0.05, 0) is 18.4 Å². The minimum Gasteiger partial charge on any atom is -0.481 e. The Labute approximate surface area is 164 Å². The van der Waals surface area contributed by atoms with E-state index < -0.39 is 28.5 Å². The largest absolute Gasteiger partial charge is 0.481 e. The van der Waals surface area contributed by atoms with E-state index in [2.05, 4.69) is 15.3 Å². The number of urea groups is 1. The monoisotopic (exact) mass is 432 g/mol. The van der Waals surface area contributed by atoms with Crippen molar-refractivity contribution in [1.29, 1.82) is 0 Å². The molecular weight excluding hydrogens is 415 g/mol. The Kier molecular flexibility index (Phi) is 5.79. The van der Waals surface area contributed by atoms with Gasteiger partial charge < -0.3 is 14.2 Å². The number of carbonyl (C=O) groups is 1. The van der Waals surface area contributed by atoms with Crippen molar-refractivity contribution in [3.05, 3.63) is 28.1 Å². The van der Waals surface area contributed by atoms with Crippen LogP contribution in [0.5, 0.6) is 5.88 Å². The van der Waals surface area contributed by atoms with Crippen LogP contribution >= 0.6 is 11.3 Å². The van der Waals surface area contributed by atoms with Gasteiger partial charge in [0, 0.05) is 11.8 Å². The maximum atomic E-state index is 13.6. The van der Waals surface area contributed by atoms with E-state index in [4.69, 9.17) is 14.2 Å². The molecule has 3 heterocycles. The molecule has 0 unspecified atom stereocenters. The van der Waals surface area contributed by atoms with Gasteiger partial charge in [-0.1, -0.05) is 0 Å². The van der Waals surface area contributed by atoms with E-state index in [1.807, 2.05) is 4.72 Å². The van der Waals surface area contributed by atoms with Crippen LogP contribution in [0, 0.1) is 6.92 Å². The molecule has 1 fully saturated rings. The standard InChI is InChI=1S/C15H17FN4O6S2/c1-9-7-11(24-2)18-13(17-9)19-14(21)20-28(22,23)10-3-6-27-12(10)15(8-16)25-4-5-26-15/h3,6-7H,4-5,8H2,1-2H3,(H2,17,18,19,20,21). The number of alkyl halides is 1. The van der Waals surface area contributed by atoms with Crippen LogP contribution in [0.25, 0.3) is 0 Å². The first kappa shape index (κ1) is 20.4. The Morgan fingerprint density at radius 1 is 1.39 bits per heavy atom. The highest BCUT2D eigenvalue weighted by molar-refractivity contribution is 7.90. The Bertz CT molecular complexity index is 975. The minimum absolute atomic E-state index is 0.0151. The number of thiophene rings is 1. The molecule has 0 aromatic carbocycles. The fourth-order valence-electron chi connectivity index (χ4n) is 2.51. The molecule has 0 saturated carbocycles. The van der Waals surface area contributed by atoms with Crippen LogP contribution in [-0.4, -0.2) is 51.4 Å². The predicted octanol–water partition coefficient (Wildman–Crippen LogP) is 1.53. The van der Waals surface area contributed by atoms with Crippen molar-refractivity contribution in [2.75, 3.05) is 32.3 Å². The van der Waals surface area contributed by atoms with Gasteiger partial charge in [-0.3, -0.25) is 5.32 Å². The first-order valence-electron chi connectivity index (χ1n) is 7.95. The molecule has 0 aliphatic carbocycles. The van der Waals surface area contributed by atoms with Crippen molar-refractivity contribution < 1.29 is 31.8 Å². The lowest BCUT2D eigenvalue weighted by molar-refractivity contribution is -0.175. The molecule has 2 aromatic heterocycles. The molecule has 2 amide bonds. The zero-order chi connectivity index (χ0) is 20.4. The molecule has 152 valence electrons. The lowest BCUT2D eigenvalue weighted by Gasteiger charge is -2.23. The smallest absolute Gasteiger partial charge is 0.335 e. The van der Waals surface area contributed by atoms with Crippen LogP contribution in [0.2, 0.25) is 0 Å². The zero-order valence-electron chi connectivity index (χ0n) is 14.9. The van der Waals surface area contributed by atoms with Crippen molar-refractivity contribution >= 4 is 33.3 Å². The number of nitrogens with one attached hydrogen (secondary N) is 2. The Morgan fingerprint density at radius 2 is 2.11 bits per heavy atom. The van der Waals surface area contributed by atoms with Gasteiger partial charge in [-0.25, -0.2) is 27.3 Å². The molecule has 0 radical (unpaired) electrons. The van der Waals surface area contributed by atoms with Crippen LogP contribution in [0.3, 0.4) is 0 Å². The van der Waals surface area contributed by atoms with Gasteiger partial charge in [0.15, 0.2) is 0 Å². The molecular formula is C15H17FN4O6S2. The number of hydrogen-bond acceptors (Lipinski definition) is 9. The zero-order valence-corrected chi connectivity index (χ0v) is 16.5. The molecule has 0 bridgehead atoms. The third-order valence-corrected chi connectivity index (χ3v) is 6.23. The lowest BCUT2D eigenvalue weighted by atomic mass is 10.2. The van der Waals surface area contributed by atoms with E-state index in [-0.39, 0.29) is 34.8 Å². The summed E-state index contributed by atoms with van der Waals surface area (Å²) in [4.78, 5) is 19.7. The summed E-state index contributed by atoms with van der Waals surface area (Å²) in [5.74, 6) is -1.73. The lowest BCUT2D eigenvalue weighted by Crippen LogP contribution is -2.37. The van der Waals surface area contributed by atoms with E-state index in [0.717, 1.165) is 11.3 Å². The third-order valence-electron chi connectivity index (χ3n) is 3.69. The van der Waals surface area contributed by atoms with Crippen LogP contribution in [0.4, 0.5) is 15.1 Å². The molecule has 1 aliphatic rings. The highest BCUT2D eigenvalue weighted by Crippen LogP contribution is 2.39. The summed E-state index contributed by atoms with van der Waals surface area (Å²) in [5.41, 5.74) is 0.505. The number of nitrogens with zero attached hydrogens (tertiary/aromatic N) is 2. The second kappa shape index (κ2) is 7.95. The molecule has 0 atom stereocenters. The number of aromatic nitrogens is 2. The molecule has 28 heavy (non-hydrogen) atoms. The molecule has 0 spiro atoms. The number of aryl methyl sites for hydroxylation is 1. The molecule has 1 aliphatic heterocycles. The van der Waals surface area contributed by atoms with E-state index in [1.54, 1.807) is 6.92 Å². The van der Waals surface area contributed by atoms with Gasteiger partial charge in [0.25, 0.3) is 10.0 Å². The molecule has 13 heteroatoms. The predicted molar refractivity (Wildman–Crippen MR) is 96.5 cm³/mol. The maximum absolute atomic E-state index is 13.6. The topological polar surface area (TPSA) is 129 Å². The second-order valence-electron chi connectivity index (χ2n) is 5.63. The molecule has 2 N–H and O–H groups in total. The Morgan fingerprint density at radius 3 is 2.75 bits per heavy atom. The molecule has 1 saturated heterocycles. The normalized spacial score (nSPS) is 16.0. The van der Waals surface area contributed by atoms with Crippen molar-refractivity contribution in [2.45, 2.75) is 17.6 Å². The quantitative estimate of drug-likeness (QED) is 0.703. The van der Waals surface area contributed by atoms with Gasteiger partial charge in [0.05, 0.1) is 25.2 Å². The van der Waals surface area contributed by atoms with E-state index in [0.29, 0.717) is 5.69 Å². The molecule has 3 rings (SSSR count). The number of hydrogen-bond donors (Lipinski definition) is 2. The third kappa shape index (κ3) is 4.06. The minimum atomic E-state index is -4.34. The van der Waals surface area contributed by atoms with E-state index >= 15 is 0 Å². The summed E-state index contributed by atoms with van der Waals surface area (Å²) in [6.07, 6.45) is 0. The van der Waals surface area contributed by atoms with Crippen LogP contribution in [0.1, 0.15) is 10.6 Å². The van der Waals surface area contributed by atoms with Crippen molar-refractivity contribution in [1.82, 2.24) is 14.7 Å². The number of methoxy groups -OCH3 is 1. The molecule has 10 nitrogen and oxygen atoms in total. The first-order chi connectivity index (χ1) is 13.3. The average molecular weight is 432 g/mol. The van der Waals surface area contributed by atoms with Gasteiger partial charge in [0.1, 0.15) is 11.6 Å². The van der Waals surface area contributed by atoms with Crippen LogP contribution in [0.15, 0.2) is 22.4 Å². The van der Waals surface area contributed by atoms with Crippen molar-refractivity contribution in [3.63, 3.8) is 0 Å². The van der Waals surface area contributed by atoms with Gasteiger partial charge >= 0.3 is 6.03 Å². The number of rotatable bonds is 6. The van der Waals surface area contributed by atoms with E-state index in [1.165, 1.54) is 24.6 Å². The summed E-state index contributed by atoms with van der Waals surface area (Å²) in [5, 5.41) is 3.67. The van der Waals surface area contributed by atoms with Crippen molar-refractivity contribution in [3.8, 4) is 5.88 Å². The number of amides is 2. The van der Waals surface area contributed by atoms with Gasteiger partial charge in [0.2, 0.25) is 17.6 Å². The number of halogens is 1. The highest BCUT2D eigenvalue weighted by atomic mass is 32.2. The SMILES string of the molecule is COc1cc(C)nc(NC(=O)NS(=O)(=O)c2ccsc2C2(CF)OCCO2)n1. The van der Waals surface area contributed by atoms with Crippen LogP contribution < -0.4 is 14.8 Å². The number of carbonyl (C=O) groups excluding carboxylic acids is 1. The second-order valence-corrected chi connectivity index (χ2v) is 8.20. The van der Waals surface area contributed by atoms with Gasteiger partial charge in [-0.2, -0.15) is 4.98 Å². The fourth-order valence-corrected chi connectivity index (χ4v) is 5.00. The first-order valence-corrected chi connectivity index (χ1v) is 10.3. The Hall–Kier alpha value is -2.35. The summed E-state index contributed by atoms with van der Waals surface area (Å²) in [6.45, 7) is 0.836. The summed E-state index contributed by atoms with van der Waals surface area (Å²) < 4.78 is 56.3. The Balaban J connectivity index is 1.80. The number of anilines is 1. The van der Waals surface area contributed by atoms with E-state index in [9.17, 15) is 17.6 Å². The highest BCUT2D eigenvalue weighted by Gasteiger charge is 2.44. The summed E-state index contributed by atoms with van der Waals surface area (Å²) in [6, 6.07) is 1.69. The maximum Gasteiger partial charge on any atom is 0.335 e. The fraction of sp³-hybridized carbons (Fsp3) is 0.400. The number of sulfonamides is 1. The average Bonchev–Trinajstić information content (AvgIpc) is 3.30.